The lowest BCUT2D eigenvalue weighted by atomic mass is 10.1. The summed E-state index contributed by atoms with van der Waals surface area (Å²) >= 11 is 0. The number of aromatic nitrogens is 5. The summed E-state index contributed by atoms with van der Waals surface area (Å²) in [6, 6.07) is 19.1. The molecule has 5 aromatic rings. The molecule has 0 N–H and O–H groups in total. The molecule has 0 radical (unpaired) electrons. The predicted octanol–water partition coefficient (Wildman–Crippen LogP) is 3.43. The Morgan fingerprint density at radius 2 is 1.71 bits per heavy atom. The normalized spacial score (nSPS) is 14.0. The topological polar surface area (TPSA) is 93.2 Å². The second kappa shape index (κ2) is 8.43. The second-order valence-corrected chi connectivity index (χ2v) is 8.07. The van der Waals surface area contributed by atoms with Gasteiger partial charge in [0.25, 0.3) is 5.91 Å². The molecule has 0 saturated carbocycles. The first-order chi connectivity index (χ1) is 16.8. The molecule has 3 aromatic heterocycles. The summed E-state index contributed by atoms with van der Waals surface area (Å²) in [4.78, 5) is 26.0. The lowest BCUT2D eigenvalue weighted by Crippen LogP contribution is -2.49. The lowest BCUT2D eigenvalue weighted by molar-refractivity contribution is 0.0746. The highest BCUT2D eigenvalue weighted by Crippen LogP contribution is 2.29. The highest BCUT2D eigenvalue weighted by Gasteiger charge is 2.24. The molecule has 0 atom stereocenters. The highest BCUT2D eigenvalue weighted by molar-refractivity contribution is 6.01. The summed E-state index contributed by atoms with van der Waals surface area (Å²) in [5.74, 6) is 2.21. The molecule has 1 aliphatic heterocycles. The van der Waals surface area contributed by atoms with E-state index in [0.717, 1.165) is 22.3 Å². The zero-order valence-electron chi connectivity index (χ0n) is 18.3. The van der Waals surface area contributed by atoms with E-state index in [9.17, 15) is 4.79 Å². The van der Waals surface area contributed by atoms with Gasteiger partial charge < -0.3 is 14.3 Å². The van der Waals surface area contributed by atoms with Crippen molar-refractivity contribution in [3.05, 3.63) is 84.9 Å². The maximum atomic E-state index is 13.3. The zero-order valence-corrected chi connectivity index (χ0v) is 18.3. The molecular formula is C25H21N7O2. The van der Waals surface area contributed by atoms with Gasteiger partial charge in [0.1, 0.15) is 17.7 Å². The van der Waals surface area contributed by atoms with Crippen LogP contribution in [0.15, 0.2) is 83.9 Å². The minimum Gasteiger partial charge on any atom is -0.355 e. The average Bonchev–Trinajstić information content (AvgIpc) is 3.59. The number of hydrogen-bond donors (Lipinski definition) is 0. The number of nitrogens with zero attached hydrogens (tertiary/aromatic N) is 7. The van der Waals surface area contributed by atoms with Crippen LogP contribution in [0.2, 0.25) is 0 Å². The number of amides is 1. The Balaban J connectivity index is 1.18. The summed E-state index contributed by atoms with van der Waals surface area (Å²) in [5.41, 5.74) is 2.30. The van der Waals surface area contributed by atoms with E-state index in [4.69, 9.17) is 4.52 Å². The number of fused-ring (bicyclic) bond motifs is 1. The van der Waals surface area contributed by atoms with Crippen molar-refractivity contribution in [3.8, 4) is 17.1 Å². The minimum absolute atomic E-state index is 0.00155. The fourth-order valence-electron chi connectivity index (χ4n) is 4.23. The van der Waals surface area contributed by atoms with E-state index in [-0.39, 0.29) is 5.91 Å². The van der Waals surface area contributed by atoms with Crippen LogP contribution in [0.5, 0.6) is 0 Å². The van der Waals surface area contributed by atoms with Gasteiger partial charge in [0, 0.05) is 55.8 Å². The highest BCUT2D eigenvalue weighted by atomic mass is 16.5. The number of piperazine rings is 1. The summed E-state index contributed by atoms with van der Waals surface area (Å²) in [6.45, 7) is 2.58. The van der Waals surface area contributed by atoms with Gasteiger partial charge in [-0.2, -0.15) is 5.10 Å². The Bertz CT molecular complexity index is 1440. The predicted molar refractivity (Wildman–Crippen MR) is 127 cm³/mol. The van der Waals surface area contributed by atoms with Crippen LogP contribution in [-0.2, 0) is 0 Å². The van der Waals surface area contributed by atoms with Crippen LogP contribution in [0.3, 0.4) is 0 Å². The first kappa shape index (κ1) is 20.1. The molecule has 9 nitrogen and oxygen atoms in total. The van der Waals surface area contributed by atoms with Crippen molar-refractivity contribution < 1.29 is 9.32 Å². The first-order valence-electron chi connectivity index (χ1n) is 11.1. The molecule has 0 unspecified atom stereocenters. The molecular weight excluding hydrogens is 430 g/mol. The minimum atomic E-state index is 0.00155. The third-order valence-electron chi connectivity index (χ3n) is 6.03. The quantitative estimate of drug-likeness (QED) is 0.413. The molecule has 0 aliphatic carbocycles. The summed E-state index contributed by atoms with van der Waals surface area (Å²) in [5, 5.41) is 9.22. The van der Waals surface area contributed by atoms with Crippen molar-refractivity contribution in [2.24, 2.45) is 0 Å². The summed E-state index contributed by atoms with van der Waals surface area (Å²) in [7, 11) is 0. The molecule has 4 heterocycles. The van der Waals surface area contributed by atoms with Gasteiger partial charge in [-0.1, -0.05) is 35.5 Å². The Labute approximate surface area is 195 Å². The van der Waals surface area contributed by atoms with Gasteiger partial charge in [0.15, 0.2) is 11.6 Å². The molecule has 6 rings (SSSR count). The number of carbonyl (C=O) groups is 1. The third kappa shape index (κ3) is 3.66. The van der Waals surface area contributed by atoms with Crippen LogP contribution in [0.1, 0.15) is 10.4 Å². The van der Waals surface area contributed by atoms with E-state index in [2.05, 4.69) is 25.1 Å². The van der Waals surface area contributed by atoms with Gasteiger partial charge in [0.2, 0.25) is 0 Å². The average molecular weight is 451 g/mol. The van der Waals surface area contributed by atoms with E-state index >= 15 is 0 Å². The lowest BCUT2D eigenvalue weighted by Gasteiger charge is -2.35. The Hall–Kier alpha value is -4.53. The van der Waals surface area contributed by atoms with Crippen LogP contribution < -0.4 is 4.90 Å². The monoisotopic (exact) mass is 451 g/mol. The van der Waals surface area contributed by atoms with Crippen LogP contribution in [0.4, 0.5) is 5.82 Å². The molecule has 1 saturated heterocycles. The molecule has 0 spiro atoms. The standard InChI is InChI=1S/C25H21N7O2/c33-25(19-7-8-21-20(15-19)24(34-29-21)18-5-2-1-3-6-18)31-13-11-30(12-14-31)22-16-23(27-17-26-22)32-10-4-9-28-32/h1-10,15-17H,11-14H2. The first-order valence-corrected chi connectivity index (χ1v) is 11.1. The largest absolute Gasteiger partial charge is 0.355 e. The van der Waals surface area contributed by atoms with Crippen molar-refractivity contribution in [1.82, 2.24) is 29.8 Å². The molecule has 1 aliphatic rings. The fraction of sp³-hybridized carbons (Fsp3) is 0.160. The smallest absolute Gasteiger partial charge is 0.254 e. The van der Waals surface area contributed by atoms with Gasteiger partial charge in [-0.3, -0.25) is 4.79 Å². The van der Waals surface area contributed by atoms with E-state index in [1.165, 1.54) is 0 Å². The van der Waals surface area contributed by atoms with Gasteiger partial charge in [-0.15, -0.1) is 0 Å². The Kier molecular flexibility index (Phi) is 4.99. The maximum Gasteiger partial charge on any atom is 0.254 e. The van der Waals surface area contributed by atoms with E-state index < -0.39 is 0 Å². The van der Waals surface area contributed by atoms with E-state index in [1.54, 1.807) is 17.2 Å². The van der Waals surface area contributed by atoms with Gasteiger partial charge >= 0.3 is 0 Å². The van der Waals surface area contributed by atoms with Crippen molar-refractivity contribution in [2.75, 3.05) is 31.1 Å². The van der Waals surface area contributed by atoms with E-state index in [1.807, 2.05) is 71.8 Å². The van der Waals surface area contributed by atoms with Crippen LogP contribution in [0.25, 0.3) is 28.0 Å². The van der Waals surface area contributed by atoms with Gasteiger partial charge in [0.05, 0.1) is 5.39 Å². The van der Waals surface area contributed by atoms with Gasteiger partial charge in [-0.05, 0) is 24.3 Å². The molecule has 168 valence electrons. The number of carbonyl (C=O) groups excluding carboxylic acids is 1. The van der Waals surface area contributed by atoms with Crippen molar-refractivity contribution in [3.63, 3.8) is 0 Å². The SMILES string of the molecule is O=C(c1ccc2noc(-c3ccccc3)c2c1)N1CCN(c2cc(-n3cccn3)ncn2)CC1. The van der Waals surface area contributed by atoms with Crippen molar-refractivity contribution in [1.29, 1.82) is 0 Å². The Morgan fingerprint density at radius 1 is 0.882 bits per heavy atom. The maximum absolute atomic E-state index is 13.3. The number of rotatable bonds is 4. The zero-order chi connectivity index (χ0) is 22.9. The summed E-state index contributed by atoms with van der Waals surface area (Å²) in [6.07, 6.45) is 5.10. The van der Waals surface area contributed by atoms with Crippen LogP contribution in [-0.4, -0.2) is 61.9 Å². The molecule has 9 heteroatoms. The molecule has 1 amide bonds. The number of hydrogen-bond acceptors (Lipinski definition) is 7. The molecule has 2 aromatic carbocycles. The summed E-state index contributed by atoms with van der Waals surface area (Å²) < 4.78 is 7.28. The van der Waals surface area contributed by atoms with Crippen LogP contribution >= 0.6 is 0 Å². The van der Waals surface area contributed by atoms with Crippen molar-refractivity contribution >= 4 is 22.6 Å². The fourth-order valence-corrected chi connectivity index (χ4v) is 4.23. The third-order valence-corrected chi connectivity index (χ3v) is 6.03. The van der Waals surface area contributed by atoms with Crippen LogP contribution in [0, 0.1) is 0 Å². The van der Waals surface area contributed by atoms with Crippen molar-refractivity contribution in [2.45, 2.75) is 0 Å². The molecule has 1 fully saturated rings. The Morgan fingerprint density at radius 3 is 2.50 bits per heavy atom. The molecule has 34 heavy (non-hydrogen) atoms. The second-order valence-electron chi connectivity index (χ2n) is 8.07. The molecule has 0 bridgehead atoms. The van der Waals surface area contributed by atoms with Gasteiger partial charge in [-0.25, -0.2) is 14.6 Å². The number of benzene rings is 2. The number of anilines is 1. The van der Waals surface area contributed by atoms with E-state index in [0.29, 0.717) is 43.3 Å².